The van der Waals surface area contributed by atoms with Gasteiger partial charge in [0.05, 0.1) is 13.7 Å². The molecule has 0 bridgehead atoms. The fourth-order valence-corrected chi connectivity index (χ4v) is 0.493. The van der Waals surface area contributed by atoms with Crippen molar-refractivity contribution in [2.75, 3.05) is 13.7 Å². The zero-order valence-electron chi connectivity index (χ0n) is 6.03. The van der Waals surface area contributed by atoms with Gasteiger partial charge in [-0.15, -0.1) is 0 Å². The summed E-state index contributed by atoms with van der Waals surface area (Å²) in [5, 5.41) is 10.5. The average molecular weight is 157 g/mol. The van der Waals surface area contributed by atoms with E-state index in [-0.39, 0.29) is 0 Å². The Balaban J connectivity index is 3.94. The quantitative estimate of drug-likeness (QED) is 0.382. The van der Waals surface area contributed by atoms with Gasteiger partial charge in [-0.3, -0.25) is 4.79 Å². The summed E-state index contributed by atoms with van der Waals surface area (Å²) in [6.45, 7) is -0.532. The Hall–Kier alpha value is -1.04. The van der Waals surface area contributed by atoms with Crippen molar-refractivity contribution >= 4 is 19.6 Å². The first-order valence-corrected chi connectivity index (χ1v) is 2.86. The number of methoxy groups -OCH3 is 1. The third kappa shape index (κ3) is 3.62. The summed E-state index contributed by atoms with van der Waals surface area (Å²) in [5.74, 6) is -1.61. The molecular formula is C5H8BNO4. The molecule has 0 aromatic carbocycles. The Bertz CT molecular complexity index is 161. The van der Waals surface area contributed by atoms with E-state index < -0.39 is 24.4 Å². The van der Waals surface area contributed by atoms with Crippen LogP contribution < -0.4 is 5.32 Å². The third-order valence-electron chi connectivity index (χ3n) is 0.985. The van der Waals surface area contributed by atoms with Crippen molar-refractivity contribution in [1.29, 1.82) is 0 Å². The van der Waals surface area contributed by atoms with Crippen LogP contribution in [0.25, 0.3) is 0 Å². The Morgan fingerprint density at radius 3 is 2.55 bits per heavy atom. The van der Waals surface area contributed by atoms with Crippen LogP contribution in [0.5, 0.6) is 0 Å². The summed E-state index contributed by atoms with van der Waals surface area (Å²) in [6, 6.07) is -1.07. The Labute approximate surface area is 65.1 Å². The van der Waals surface area contributed by atoms with E-state index in [1.165, 1.54) is 0 Å². The lowest BCUT2D eigenvalue weighted by atomic mass is 10.1. The smallest absolute Gasteiger partial charge is 0.330 e. The van der Waals surface area contributed by atoms with Crippen LogP contribution in [-0.2, 0) is 9.53 Å². The standard InChI is InChI=1S/C5H8BNO4/c1-11-4(9)3(2-8)7-5(6)10/h3,8H,2H2,1H3,(H,7,10). The highest BCUT2D eigenvalue weighted by Crippen LogP contribution is 1.85. The molecule has 0 aliphatic rings. The van der Waals surface area contributed by atoms with Gasteiger partial charge in [0, 0.05) is 0 Å². The van der Waals surface area contributed by atoms with Crippen LogP contribution in [-0.4, -0.2) is 44.5 Å². The van der Waals surface area contributed by atoms with Crippen LogP contribution >= 0.6 is 0 Å². The van der Waals surface area contributed by atoms with Crippen LogP contribution in [0.4, 0.5) is 4.79 Å². The van der Waals surface area contributed by atoms with Gasteiger partial charge in [-0.25, -0.2) is 4.79 Å². The summed E-state index contributed by atoms with van der Waals surface area (Å²) in [4.78, 5) is 20.8. The van der Waals surface area contributed by atoms with Gasteiger partial charge in [0.1, 0.15) is 6.04 Å². The van der Waals surface area contributed by atoms with E-state index in [1.807, 2.05) is 5.32 Å². The summed E-state index contributed by atoms with van der Waals surface area (Å²) in [6.07, 6.45) is 0. The summed E-state index contributed by atoms with van der Waals surface area (Å²) >= 11 is 0. The van der Waals surface area contributed by atoms with Crippen molar-refractivity contribution in [2.24, 2.45) is 0 Å². The summed E-state index contributed by atoms with van der Waals surface area (Å²) < 4.78 is 4.23. The second kappa shape index (κ2) is 4.73. The van der Waals surface area contributed by atoms with E-state index in [0.29, 0.717) is 0 Å². The predicted molar refractivity (Wildman–Crippen MR) is 37.2 cm³/mol. The molecule has 0 aliphatic heterocycles. The van der Waals surface area contributed by atoms with Crippen LogP contribution in [0.15, 0.2) is 0 Å². The molecule has 0 saturated heterocycles. The number of rotatable bonds is 3. The molecule has 60 valence electrons. The first kappa shape index (κ1) is 9.96. The molecular weight excluding hydrogens is 149 g/mol. The maximum absolute atomic E-state index is 10.6. The number of nitrogens with one attached hydrogen (secondary N) is 1. The maximum atomic E-state index is 10.6. The van der Waals surface area contributed by atoms with Crippen molar-refractivity contribution in [3.63, 3.8) is 0 Å². The molecule has 0 fully saturated rings. The lowest BCUT2D eigenvalue weighted by molar-refractivity contribution is -0.143. The van der Waals surface area contributed by atoms with Gasteiger partial charge in [-0.2, -0.15) is 0 Å². The molecule has 0 aliphatic carbocycles. The fraction of sp³-hybridized carbons (Fsp3) is 0.600. The largest absolute Gasteiger partial charge is 0.467 e. The molecule has 0 heterocycles. The average Bonchev–Trinajstić information content (AvgIpc) is 1.98. The molecule has 1 unspecified atom stereocenters. The van der Waals surface area contributed by atoms with Crippen molar-refractivity contribution in [2.45, 2.75) is 6.04 Å². The van der Waals surface area contributed by atoms with Gasteiger partial charge >= 0.3 is 5.97 Å². The van der Waals surface area contributed by atoms with E-state index in [2.05, 4.69) is 4.74 Å². The van der Waals surface area contributed by atoms with Crippen molar-refractivity contribution in [3.05, 3.63) is 0 Å². The maximum Gasteiger partial charge on any atom is 0.330 e. The van der Waals surface area contributed by atoms with Gasteiger partial charge in [0.15, 0.2) is 5.81 Å². The number of esters is 1. The molecule has 6 heteroatoms. The Morgan fingerprint density at radius 2 is 2.27 bits per heavy atom. The predicted octanol–water partition coefficient (Wildman–Crippen LogP) is -1.60. The van der Waals surface area contributed by atoms with E-state index in [4.69, 9.17) is 13.0 Å². The highest BCUT2D eigenvalue weighted by Gasteiger charge is 2.17. The first-order chi connectivity index (χ1) is 5.11. The second-order valence-corrected chi connectivity index (χ2v) is 1.77. The van der Waals surface area contributed by atoms with Gasteiger partial charge in [0.2, 0.25) is 7.85 Å². The number of hydrogen-bond acceptors (Lipinski definition) is 4. The minimum Gasteiger partial charge on any atom is -0.467 e. The highest BCUT2D eigenvalue weighted by atomic mass is 16.5. The fourth-order valence-electron chi connectivity index (χ4n) is 0.493. The lowest BCUT2D eigenvalue weighted by Gasteiger charge is -2.11. The molecule has 5 nitrogen and oxygen atoms in total. The zero-order valence-corrected chi connectivity index (χ0v) is 6.03. The molecule has 1 amide bonds. The molecule has 0 spiro atoms. The lowest BCUT2D eigenvalue weighted by Crippen LogP contribution is -2.43. The van der Waals surface area contributed by atoms with Crippen LogP contribution in [0.3, 0.4) is 0 Å². The van der Waals surface area contributed by atoms with Crippen LogP contribution in [0.1, 0.15) is 0 Å². The van der Waals surface area contributed by atoms with Crippen LogP contribution in [0, 0.1) is 0 Å². The number of aliphatic hydroxyl groups is 1. The first-order valence-electron chi connectivity index (χ1n) is 2.86. The molecule has 0 aromatic heterocycles. The number of carbonyl (C=O) groups is 2. The van der Waals surface area contributed by atoms with Crippen LogP contribution in [0.2, 0.25) is 0 Å². The van der Waals surface area contributed by atoms with Gasteiger partial charge < -0.3 is 15.2 Å². The summed E-state index contributed by atoms with van der Waals surface area (Å²) in [7, 11) is 5.84. The zero-order chi connectivity index (χ0) is 8.85. The molecule has 11 heavy (non-hydrogen) atoms. The molecule has 2 radical (unpaired) electrons. The van der Waals surface area contributed by atoms with E-state index in [9.17, 15) is 9.59 Å². The molecule has 1 atom stereocenters. The van der Waals surface area contributed by atoms with E-state index in [1.54, 1.807) is 0 Å². The molecule has 0 saturated carbocycles. The normalized spacial score (nSPS) is 11.8. The SMILES string of the molecule is [B]C(=O)NC(CO)C(=O)OC. The number of aliphatic hydroxyl groups excluding tert-OH is 1. The monoisotopic (exact) mass is 157 g/mol. The molecule has 0 aromatic rings. The molecule has 2 N–H and O–H groups in total. The number of hydrogen-bond donors (Lipinski definition) is 2. The highest BCUT2D eigenvalue weighted by molar-refractivity contribution is 6.57. The van der Waals surface area contributed by atoms with Gasteiger partial charge in [-0.05, 0) is 0 Å². The van der Waals surface area contributed by atoms with E-state index >= 15 is 0 Å². The third-order valence-corrected chi connectivity index (χ3v) is 0.985. The Morgan fingerprint density at radius 1 is 1.73 bits per heavy atom. The molecule has 0 rings (SSSR count). The van der Waals surface area contributed by atoms with Crippen molar-refractivity contribution in [3.8, 4) is 0 Å². The number of ether oxygens (including phenoxy) is 1. The van der Waals surface area contributed by atoms with Gasteiger partial charge in [-0.1, -0.05) is 0 Å². The minimum atomic E-state index is -1.07. The second-order valence-electron chi connectivity index (χ2n) is 1.77. The number of carbonyl (C=O) groups excluding carboxylic acids is 2. The van der Waals surface area contributed by atoms with Crippen molar-refractivity contribution in [1.82, 2.24) is 5.32 Å². The topological polar surface area (TPSA) is 75.6 Å². The Kier molecular flexibility index (Phi) is 4.29. The van der Waals surface area contributed by atoms with Crippen molar-refractivity contribution < 1.29 is 19.4 Å². The summed E-state index contributed by atoms with van der Waals surface area (Å²) in [5.41, 5.74) is 0. The minimum absolute atomic E-state index is 0.532. The van der Waals surface area contributed by atoms with Gasteiger partial charge in [0.25, 0.3) is 0 Å². The number of amides is 1. The van der Waals surface area contributed by atoms with E-state index in [0.717, 1.165) is 7.11 Å².